The van der Waals surface area contributed by atoms with Crippen molar-refractivity contribution >= 4 is 15.9 Å². The van der Waals surface area contributed by atoms with E-state index >= 15 is 0 Å². The van der Waals surface area contributed by atoms with Crippen LogP contribution in [0.5, 0.6) is 0 Å². The smallest absolute Gasteiger partial charge is 0.235 e. The Bertz CT molecular complexity index is 263. The predicted molar refractivity (Wildman–Crippen MR) is 54.1 cm³/mol. The van der Waals surface area contributed by atoms with Crippen molar-refractivity contribution in [3.63, 3.8) is 0 Å². The average Bonchev–Trinajstić information content (AvgIpc) is 2.11. The first kappa shape index (κ1) is 13.3. The zero-order valence-corrected chi connectivity index (χ0v) is 9.06. The normalized spacial score (nSPS) is 11.3. The maximum Gasteiger partial charge on any atom is 0.235 e. The van der Waals surface area contributed by atoms with Crippen molar-refractivity contribution in [2.45, 2.75) is 13.3 Å². The van der Waals surface area contributed by atoms with Crippen LogP contribution < -0.4 is 15.8 Å². The third-order valence-electron chi connectivity index (χ3n) is 1.41. The zero-order chi connectivity index (χ0) is 11.0. The average molecular weight is 223 g/mol. The van der Waals surface area contributed by atoms with Gasteiger partial charge in [0.25, 0.3) is 0 Å². The molecule has 4 N–H and O–H groups in total. The topological polar surface area (TPSA) is 101 Å². The van der Waals surface area contributed by atoms with Crippen LogP contribution in [0.15, 0.2) is 0 Å². The van der Waals surface area contributed by atoms with Crippen LogP contribution in [-0.2, 0) is 14.8 Å². The molecule has 0 rings (SSSR count). The molecule has 0 aromatic rings. The van der Waals surface area contributed by atoms with E-state index in [1.54, 1.807) is 0 Å². The number of amides is 1. The molecule has 0 fully saturated rings. The summed E-state index contributed by atoms with van der Waals surface area (Å²) in [5.74, 6) is -0.485. The Labute approximate surface area is 84.3 Å². The molecule has 0 atom stereocenters. The highest BCUT2D eigenvalue weighted by Gasteiger charge is 2.10. The van der Waals surface area contributed by atoms with Gasteiger partial charge in [-0.2, -0.15) is 0 Å². The van der Waals surface area contributed by atoms with E-state index < -0.39 is 10.0 Å². The summed E-state index contributed by atoms with van der Waals surface area (Å²) >= 11 is 0. The van der Waals surface area contributed by atoms with Crippen LogP contribution in [0.3, 0.4) is 0 Å². The summed E-state index contributed by atoms with van der Waals surface area (Å²) in [6.45, 7) is 2.30. The lowest BCUT2D eigenvalue weighted by atomic mass is 10.5. The molecule has 0 aromatic carbocycles. The standard InChI is InChI=1S/C7H17N3O3S/c1-2-4-9-7(11)6-10-14(12,13)5-3-8/h10H,2-6,8H2,1H3,(H,9,11). The van der Waals surface area contributed by atoms with Gasteiger partial charge in [0, 0.05) is 13.1 Å². The molecule has 1 amide bonds. The van der Waals surface area contributed by atoms with E-state index in [1.807, 2.05) is 6.92 Å². The molecule has 0 spiro atoms. The van der Waals surface area contributed by atoms with Crippen LogP contribution in [0.4, 0.5) is 0 Å². The minimum Gasteiger partial charge on any atom is -0.355 e. The van der Waals surface area contributed by atoms with Gasteiger partial charge in [0.2, 0.25) is 15.9 Å². The van der Waals surface area contributed by atoms with E-state index in [1.165, 1.54) is 0 Å². The lowest BCUT2D eigenvalue weighted by Gasteiger charge is -2.05. The quantitative estimate of drug-likeness (QED) is 0.483. The molecule has 0 saturated carbocycles. The summed E-state index contributed by atoms with van der Waals surface area (Å²) in [6.07, 6.45) is 0.821. The maximum atomic E-state index is 11.0. The van der Waals surface area contributed by atoms with E-state index in [2.05, 4.69) is 10.0 Å². The fraction of sp³-hybridized carbons (Fsp3) is 0.857. The van der Waals surface area contributed by atoms with Crippen molar-refractivity contribution in [2.75, 3.05) is 25.4 Å². The Morgan fingerprint density at radius 2 is 2.07 bits per heavy atom. The van der Waals surface area contributed by atoms with Crippen LogP contribution in [0.2, 0.25) is 0 Å². The van der Waals surface area contributed by atoms with Crippen molar-refractivity contribution < 1.29 is 13.2 Å². The summed E-state index contributed by atoms with van der Waals surface area (Å²) in [4.78, 5) is 11.0. The van der Waals surface area contributed by atoms with E-state index in [9.17, 15) is 13.2 Å². The van der Waals surface area contributed by atoms with Crippen molar-refractivity contribution in [2.24, 2.45) is 5.73 Å². The fourth-order valence-electron chi connectivity index (χ4n) is 0.730. The zero-order valence-electron chi connectivity index (χ0n) is 8.25. The van der Waals surface area contributed by atoms with Gasteiger partial charge >= 0.3 is 0 Å². The predicted octanol–water partition coefficient (Wildman–Crippen LogP) is -1.61. The minimum atomic E-state index is -3.39. The first-order valence-corrected chi connectivity index (χ1v) is 6.11. The Morgan fingerprint density at radius 1 is 1.43 bits per heavy atom. The van der Waals surface area contributed by atoms with E-state index in [0.717, 1.165) is 6.42 Å². The van der Waals surface area contributed by atoms with Gasteiger partial charge in [-0.1, -0.05) is 6.92 Å². The number of hydrogen-bond donors (Lipinski definition) is 3. The van der Waals surface area contributed by atoms with Gasteiger partial charge in [-0.3, -0.25) is 4.79 Å². The minimum absolute atomic E-state index is 0.0475. The molecule has 84 valence electrons. The fourth-order valence-corrected chi connectivity index (χ4v) is 1.54. The third kappa shape index (κ3) is 6.81. The first-order chi connectivity index (χ1) is 6.52. The second-order valence-corrected chi connectivity index (χ2v) is 4.71. The number of rotatable bonds is 7. The van der Waals surface area contributed by atoms with Gasteiger partial charge in [0.15, 0.2) is 0 Å². The van der Waals surface area contributed by atoms with E-state index in [4.69, 9.17) is 5.73 Å². The Balaban J connectivity index is 3.76. The molecular formula is C7H17N3O3S. The van der Waals surface area contributed by atoms with Gasteiger partial charge in [0.1, 0.15) is 0 Å². The van der Waals surface area contributed by atoms with Crippen molar-refractivity contribution in [1.82, 2.24) is 10.0 Å². The molecule has 0 heterocycles. The molecule has 0 aliphatic rings. The molecular weight excluding hydrogens is 206 g/mol. The van der Waals surface area contributed by atoms with Crippen LogP contribution >= 0.6 is 0 Å². The number of carbonyl (C=O) groups excluding carboxylic acids is 1. The number of carbonyl (C=O) groups is 1. The number of nitrogens with one attached hydrogen (secondary N) is 2. The highest BCUT2D eigenvalue weighted by atomic mass is 32.2. The second-order valence-electron chi connectivity index (χ2n) is 2.78. The monoisotopic (exact) mass is 223 g/mol. The molecule has 0 aliphatic carbocycles. The van der Waals surface area contributed by atoms with E-state index in [-0.39, 0.29) is 24.7 Å². The Hall–Kier alpha value is -0.660. The first-order valence-electron chi connectivity index (χ1n) is 4.46. The second kappa shape index (κ2) is 6.74. The Kier molecular flexibility index (Phi) is 6.43. The van der Waals surface area contributed by atoms with Gasteiger partial charge in [-0.25, -0.2) is 13.1 Å². The highest BCUT2D eigenvalue weighted by Crippen LogP contribution is 1.80. The summed E-state index contributed by atoms with van der Waals surface area (Å²) < 4.78 is 24.2. The molecule has 14 heavy (non-hydrogen) atoms. The van der Waals surface area contributed by atoms with Gasteiger partial charge in [0.05, 0.1) is 12.3 Å². The van der Waals surface area contributed by atoms with Crippen molar-refractivity contribution in [3.05, 3.63) is 0 Å². The van der Waals surface area contributed by atoms with Gasteiger partial charge in [-0.05, 0) is 6.42 Å². The van der Waals surface area contributed by atoms with Crippen LogP contribution in [0, 0.1) is 0 Å². The maximum absolute atomic E-state index is 11.0. The van der Waals surface area contributed by atoms with Crippen LogP contribution in [0.25, 0.3) is 0 Å². The van der Waals surface area contributed by atoms with E-state index in [0.29, 0.717) is 6.54 Å². The molecule has 0 aliphatic heterocycles. The van der Waals surface area contributed by atoms with Crippen molar-refractivity contribution in [1.29, 1.82) is 0 Å². The van der Waals surface area contributed by atoms with Gasteiger partial charge in [-0.15, -0.1) is 0 Å². The summed E-state index contributed by atoms with van der Waals surface area (Å²) in [5, 5.41) is 2.55. The summed E-state index contributed by atoms with van der Waals surface area (Å²) in [6, 6.07) is 0. The molecule has 0 saturated heterocycles. The number of nitrogens with two attached hydrogens (primary N) is 1. The summed E-state index contributed by atoms with van der Waals surface area (Å²) in [5.41, 5.74) is 5.08. The Morgan fingerprint density at radius 3 is 2.57 bits per heavy atom. The molecule has 0 unspecified atom stereocenters. The lowest BCUT2D eigenvalue weighted by Crippen LogP contribution is -2.39. The SMILES string of the molecule is CCCNC(=O)CNS(=O)(=O)CCN. The number of sulfonamides is 1. The van der Waals surface area contributed by atoms with Crippen LogP contribution in [-0.4, -0.2) is 39.7 Å². The lowest BCUT2D eigenvalue weighted by molar-refractivity contribution is -0.119. The highest BCUT2D eigenvalue weighted by molar-refractivity contribution is 7.89. The molecule has 0 aromatic heterocycles. The molecule has 0 bridgehead atoms. The summed E-state index contributed by atoms with van der Waals surface area (Å²) in [7, 11) is -3.39. The van der Waals surface area contributed by atoms with Gasteiger partial charge < -0.3 is 11.1 Å². The third-order valence-corrected chi connectivity index (χ3v) is 2.77. The largest absolute Gasteiger partial charge is 0.355 e. The number of hydrogen-bond acceptors (Lipinski definition) is 4. The molecule has 0 radical (unpaired) electrons. The van der Waals surface area contributed by atoms with Crippen LogP contribution in [0.1, 0.15) is 13.3 Å². The van der Waals surface area contributed by atoms with Crippen molar-refractivity contribution in [3.8, 4) is 0 Å². The molecule has 7 heteroatoms. The molecule has 6 nitrogen and oxygen atoms in total.